The second-order valence-corrected chi connectivity index (χ2v) is 4.89. The molecule has 1 N–H and O–H groups in total. The van der Waals surface area contributed by atoms with Crippen LogP contribution in [0.4, 0.5) is 0 Å². The first kappa shape index (κ1) is 13.4. The molecular weight excluding hydrogens is 226 g/mol. The van der Waals surface area contributed by atoms with Gasteiger partial charge in [0.1, 0.15) is 5.75 Å². The van der Waals surface area contributed by atoms with E-state index in [9.17, 15) is 5.11 Å². The van der Waals surface area contributed by atoms with Gasteiger partial charge in [-0.3, -0.25) is 4.90 Å². The summed E-state index contributed by atoms with van der Waals surface area (Å²) in [6.07, 6.45) is 2.20. The molecule has 1 aromatic carbocycles. The minimum absolute atomic E-state index is 0.336. The van der Waals surface area contributed by atoms with Gasteiger partial charge < -0.3 is 9.84 Å². The van der Waals surface area contributed by atoms with E-state index in [0.717, 1.165) is 32.6 Å². The number of phenols is 1. The van der Waals surface area contributed by atoms with Crippen molar-refractivity contribution < 1.29 is 9.84 Å². The van der Waals surface area contributed by atoms with Gasteiger partial charge in [-0.15, -0.1) is 0 Å². The van der Waals surface area contributed by atoms with Crippen molar-refractivity contribution in [3.05, 3.63) is 29.8 Å². The van der Waals surface area contributed by atoms with Crippen LogP contribution in [0, 0.1) is 0 Å². The SMILES string of the molecule is CCC1COCCN1C(CC)c1ccc(O)cc1. The predicted octanol–water partition coefficient (Wildman–Crippen LogP) is 2.95. The fourth-order valence-corrected chi connectivity index (χ4v) is 2.79. The number of ether oxygens (including phenoxy) is 1. The molecule has 2 atom stereocenters. The molecule has 1 aliphatic heterocycles. The summed E-state index contributed by atoms with van der Waals surface area (Å²) >= 11 is 0. The molecule has 1 heterocycles. The third-order valence-corrected chi connectivity index (χ3v) is 3.81. The van der Waals surface area contributed by atoms with Crippen LogP contribution in [0.1, 0.15) is 38.3 Å². The molecule has 0 spiro atoms. The van der Waals surface area contributed by atoms with Gasteiger partial charge in [-0.25, -0.2) is 0 Å². The molecule has 2 rings (SSSR count). The molecule has 18 heavy (non-hydrogen) atoms. The van der Waals surface area contributed by atoms with Gasteiger partial charge in [0, 0.05) is 18.6 Å². The van der Waals surface area contributed by atoms with E-state index in [1.54, 1.807) is 12.1 Å². The zero-order valence-corrected chi connectivity index (χ0v) is 11.3. The van der Waals surface area contributed by atoms with Crippen LogP contribution in [-0.4, -0.2) is 35.8 Å². The Kier molecular flexibility index (Phi) is 4.61. The van der Waals surface area contributed by atoms with E-state index in [1.807, 2.05) is 12.1 Å². The van der Waals surface area contributed by atoms with Crippen LogP contribution < -0.4 is 0 Å². The smallest absolute Gasteiger partial charge is 0.115 e. The molecule has 3 nitrogen and oxygen atoms in total. The molecule has 0 aromatic heterocycles. The Balaban J connectivity index is 2.18. The summed E-state index contributed by atoms with van der Waals surface area (Å²) in [6, 6.07) is 8.56. The van der Waals surface area contributed by atoms with Crippen LogP contribution in [0.5, 0.6) is 5.75 Å². The number of phenolic OH excluding ortho intramolecular Hbond substituents is 1. The van der Waals surface area contributed by atoms with Crippen molar-refractivity contribution >= 4 is 0 Å². The molecule has 0 bridgehead atoms. The van der Waals surface area contributed by atoms with E-state index in [-0.39, 0.29) is 0 Å². The number of nitrogens with zero attached hydrogens (tertiary/aromatic N) is 1. The van der Waals surface area contributed by atoms with E-state index in [0.29, 0.717) is 17.8 Å². The summed E-state index contributed by atoms with van der Waals surface area (Å²) in [4.78, 5) is 2.55. The van der Waals surface area contributed by atoms with Crippen molar-refractivity contribution in [2.75, 3.05) is 19.8 Å². The van der Waals surface area contributed by atoms with Crippen molar-refractivity contribution in [3.63, 3.8) is 0 Å². The van der Waals surface area contributed by atoms with Crippen molar-refractivity contribution in [3.8, 4) is 5.75 Å². The predicted molar refractivity (Wildman–Crippen MR) is 72.7 cm³/mol. The van der Waals surface area contributed by atoms with E-state index in [1.165, 1.54) is 5.56 Å². The number of morpholine rings is 1. The highest BCUT2D eigenvalue weighted by Gasteiger charge is 2.28. The van der Waals surface area contributed by atoms with Gasteiger partial charge in [-0.1, -0.05) is 26.0 Å². The Morgan fingerprint density at radius 2 is 2.06 bits per heavy atom. The Hall–Kier alpha value is -1.06. The normalized spacial score (nSPS) is 22.9. The molecule has 0 amide bonds. The number of hydrogen-bond donors (Lipinski definition) is 1. The van der Waals surface area contributed by atoms with Gasteiger partial charge in [0.2, 0.25) is 0 Å². The minimum Gasteiger partial charge on any atom is -0.508 e. The number of rotatable bonds is 4. The zero-order chi connectivity index (χ0) is 13.0. The van der Waals surface area contributed by atoms with Crippen LogP contribution in [0.3, 0.4) is 0 Å². The van der Waals surface area contributed by atoms with Gasteiger partial charge in [0.05, 0.1) is 13.2 Å². The average Bonchev–Trinajstić information content (AvgIpc) is 2.42. The van der Waals surface area contributed by atoms with Crippen LogP contribution in [-0.2, 0) is 4.74 Å². The summed E-state index contributed by atoms with van der Waals surface area (Å²) in [6.45, 7) is 7.10. The third kappa shape index (κ3) is 2.85. The fraction of sp³-hybridized carbons (Fsp3) is 0.600. The van der Waals surface area contributed by atoms with Gasteiger partial charge in [-0.05, 0) is 30.5 Å². The largest absolute Gasteiger partial charge is 0.508 e. The van der Waals surface area contributed by atoms with Crippen molar-refractivity contribution in [1.29, 1.82) is 0 Å². The van der Waals surface area contributed by atoms with Crippen LogP contribution >= 0.6 is 0 Å². The van der Waals surface area contributed by atoms with Crippen LogP contribution in [0.2, 0.25) is 0 Å². The van der Waals surface area contributed by atoms with Crippen molar-refractivity contribution in [1.82, 2.24) is 4.90 Å². The first-order chi connectivity index (χ1) is 8.76. The summed E-state index contributed by atoms with van der Waals surface area (Å²) < 4.78 is 5.57. The first-order valence-corrected chi connectivity index (χ1v) is 6.88. The van der Waals surface area contributed by atoms with Gasteiger partial charge in [0.15, 0.2) is 0 Å². The molecule has 0 saturated carbocycles. The van der Waals surface area contributed by atoms with Crippen LogP contribution in [0.25, 0.3) is 0 Å². The maximum Gasteiger partial charge on any atom is 0.115 e. The number of aromatic hydroxyl groups is 1. The lowest BCUT2D eigenvalue weighted by Gasteiger charge is -2.40. The average molecular weight is 249 g/mol. The lowest BCUT2D eigenvalue weighted by atomic mass is 9.99. The monoisotopic (exact) mass is 249 g/mol. The standard InChI is InChI=1S/C15H23NO2/c1-3-13-11-18-10-9-16(13)15(4-2)12-5-7-14(17)8-6-12/h5-8,13,15,17H,3-4,9-11H2,1-2H3. The van der Waals surface area contributed by atoms with E-state index in [4.69, 9.17) is 4.74 Å². The molecule has 1 aliphatic rings. The number of benzene rings is 1. The third-order valence-electron chi connectivity index (χ3n) is 3.81. The van der Waals surface area contributed by atoms with Crippen molar-refractivity contribution in [2.24, 2.45) is 0 Å². The molecule has 1 aromatic rings. The Labute approximate surface area is 109 Å². The molecule has 3 heteroatoms. The highest BCUT2D eigenvalue weighted by molar-refractivity contribution is 5.28. The van der Waals surface area contributed by atoms with Gasteiger partial charge >= 0.3 is 0 Å². The molecule has 1 saturated heterocycles. The summed E-state index contributed by atoms with van der Waals surface area (Å²) in [5.41, 5.74) is 1.29. The molecule has 100 valence electrons. The first-order valence-electron chi connectivity index (χ1n) is 6.88. The topological polar surface area (TPSA) is 32.7 Å². The fourth-order valence-electron chi connectivity index (χ4n) is 2.79. The van der Waals surface area contributed by atoms with E-state index in [2.05, 4.69) is 18.7 Å². The molecule has 0 aliphatic carbocycles. The molecule has 2 unspecified atom stereocenters. The summed E-state index contributed by atoms with van der Waals surface area (Å²) in [5.74, 6) is 0.336. The van der Waals surface area contributed by atoms with E-state index >= 15 is 0 Å². The molecule has 0 radical (unpaired) electrons. The van der Waals surface area contributed by atoms with Crippen molar-refractivity contribution in [2.45, 2.75) is 38.8 Å². The molecular formula is C15H23NO2. The quantitative estimate of drug-likeness (QED) is 0.890. The number of hydrogen-bond acceptors (Lipinski definition) is 3. The van der Waals surface area contributed by atoms with Gasteiger partial charge in [0.25, 0.3) is 0 Å². The highest BCUT2D eigenvalue weighted by atomic mass is 16.5. The van der Waals surface area contributed by atoms with E-state index < -0.39 is 0 Å². The highest BCUT2D eigenvalue weighted by Crippen LogP contribution is 2.29. The second-order valence-electron chi connectivity index (χ2n) is 4.89. The summed E-state index contributed by atoms with van der Waals surface area (Å²) in [5, 5.41) is 9.39. The lowest BCUT2D eigenvalue weighted by molar-refractivity contribution is -0.0316. The van der Waals surface area contributed by atoms with Gasteiger partial charge in [-0.2, -0.15) is 0 Å². The Morgan fingerprint density at radius 1 is 1.33 bits per heavy atom. The minimum atomic E-state index is 0.336. The second kappa shape index (κ2) is 6.21. The molecule has 1 fully saturated rings. The Morgan fingerprint density at radius 3 is 2.67 bits per heavy atom. The zero-order valence-electron chi connectivity index (χ0n) is 11.3. The Bertz CT molecular complexity index is 363. The maximum absolute atomic E-state index is 9.39. The maximum atomic E-state index is 9.39. The lowest BCUT2D eigenvalue weighted by Crippen LogP contribution is -2.46. The van der Waals surface area contributed by atoms with Crippen LogP contribution in [0.15, 0.2) is 24.3 Å². The summed E-state index contributed by atoms with van der Waals surface area (Å²) in [7, 11) is 0.